The first kappa shape index (κ1) is 14.2. The smallest absolute Gasteiger partial charge is 0.428 e. The largest absolute Gasteiger partial charge is 0.461 e. The Morgan fingerprint density at radius 2 is 2.06 bits per heavy atom. The zero-order valence-electron chi connectivity index (χ0n) is 9.37. The van der Waals surface area contributed by atoms with Crippen LogP contribution >= 0.6 is 0 Å². The molecule has 0 fully saturated rings. The summed E-state index contributed by atoms with van der Waals surface area (Å²) in [4.78, 5) is 11.4. The van der Waals surface area contributed by atoms with Crippen molar-refractivity contribution in [2.75, 3.05) is 0 Å². The number of carbonyl (C=O) groups excluding carboxylic acids is 1. The number of carbonyl (C=O) groups is 1. The maximum absolute atomic E-state index is 12.6. The highest BCUT2D eigenvalue weighted by molar-refractivity contribution is 6.04. The van der Waals surface area contributed by atoms with Gasteiger partial charge in [-0.15, -0.1) is 0 Å². The molecule has 1 aromatic carbocycles. The van der Waals surface area contributed by atoms with Crippen LogP contribution in [0.3, 0.4) is 0 Å². The molecule has 0 N–H and O–H groups in total. The minimum absolute atomic E-state index is 0.0793. The summed E-state index contributed by atoms with van der Waals surface area (Å²) in [6, 6.07) is 4.70. The third kappa shape index (κ3) is 3.58. The molecule has 0 aliphatic rings. The zero-order chi connectivity index (χ0) is 13.8. The van der Waals surface area contributed by atoms with Crippen LogP contribution < -0.4 is 4.74 Å². The van der Waals surface area contributed by atoms with Crippen molar-refractivity contribution in [1.82, 2.24) is 0 Å². The third-order valence-corrected chi connectivity index (χ3v) is 1.94. The van der Waals surface area contributed by atoms with Crippen LogP contribution in [0.2, 0.25) is 0 Å². The molecule has 0 atom stereocenters. The van der Waals surface area contributed by atoms with Gasteiger partial charge in [0, 0.05) is 5.56 Å². The van der Waals surface area contributed by atoms with Gasteiger partial charge in [0.25, 0.3) is 0 Å². The number of alkyl halides is 4. The molecular formula is C12H10F4O2. The van der Waals surface area contributed by atoms with E-state index in [4.69, 9.17) is 0 Å². The van der Waals surface area contributed by atoms with Gasteiger partial charge in [-0.25, -0.2) is 0 Å². The van der Waals surface area contributed by atoms with Gasteiger partial charge in [-0.1, -0.05) is 18.2 Å². The molecule has 2 nitrogen and oxygen atoms in total. The van der Waals surface area contributed by atoms with E-state index in [0.29, 0.717) is 0 Å². The Bertz CT molecular complexity index is 455. The monoisotopic (exact) mass is 262 g/mol. The number of allylic oxidation sites excluding steroid dienone is 2. The molecule has 0 radical (unpaired) electrons. The second-order valence-electron chi connectivity index (χ2n) is 3.36. The Morgan fingerprint density at radius 1 is 1.39 bits per heavy atom. The lowest BCUT2D eigenvalue weighted by Gasteiger charge is -2.16. The van der Waals surface area contributed by atoms with Crippen molar-refractivity contribution in [1.29, 1.82) is 0 Å². The second-order valence-corrected chi connectivity index (χ2v) is 3.36. The fourth-order valence-electron chi connectivity index (χ4n) is 1.16. The lowest BCUT2D eigenvalue weighted by molar-refractivity contribution is -0.253. The van der Waals surface area contributed by atoms with Crippen LogP contribution in [0.1, 0.15) is 17.3 Å². The van der Waals surface area contributed by atoms with Crippen LogP contribution in [0.4, 0.5) is 17.6 Å². The van der Waals surface area contributed by atoms with Crippen molar-refractivity contribution in [2.45, 2.75) is 19.5 Å². The normalized spacial score (nSPS) is 12.1. The van der Waals surface area contributed by atoms with Gasteiger partial charge in [-0.05, 0) is 25.1 Å². The second kappa shape index (κ2) is 5.66. The molecule has 0 saturated carbocycles. The van der Waals surface area contributed by atoms with Crippen molar-refractivity contribution >= 4 is 5.78 Å². The minimum atomic E-state index is -4.58. The summed E-state index contributed by atoms with van der Waals surface area (Å²) in [6.07, 6.45) is -5.82. The predicted octanol–water partition coefficient (Wildman–Crippen LogP) is 3.68. The zero-order valence-corrected chi connectivity index (χ0v) is 9.37. The van der Waals surface area contributed by atoms with Gasteiger partial charge in [0.15, 0.2) is 5.78 Å². The Labute approximate surface area is 101 Å². The molecule has 0 aliphatic heterocycles. The average Bonchev–Trinajstić information content (AvgIpc) is 2.29. The number of rotatable bonds is 5. The number of hydrogen-bond acceptors (Lipinski definition) is 2. The average molecular weight is 262 g/mol. The molecule has 0 saturated heterocycles. The van der Waals surface area contributed by atoms with Gasteiger partial charge >= 0.3 is 12.5 Å². The highest BCUT2D eigenvalue weighted by atomic mass is 19.3. The van der Waals surface area contributed by atoms with Crippen LogP contribution in [0.15, 0.2) is 36.4 Å². The molecular weight excluding hydrogens is 252 g/mol. The van der Waals surface area contributed by atoms with E-state index >= 15 is 0 Å². The molecule has 0 bridgehead atoms. The van der Waals surface area contributed by atoms with Crippen LogP contribution in [-0.2, 0) is 0 Å². The molecule has 6 heteroatoms. The topological polar surface area (TPSA) is 26.3 Å². The van der Waals surface area contributed by atoms with Gasteiger partial charge < -0.3 is 4.74 Å². The number of halogens is 4. The number of ketones is 1. The summed E-state index contributed by atoms with van der Waals surface area (Å²) in [5.41, 5.74) is 0.0793. The molecule has 98 valence electrons. The van der Waals surface area contributed by atoms with Gasteiger partial charge in [0.05, 0.1) is 0 Å². The lowest BCUT2D eigenvalue weighted by atomic mass is 10.1. The van der Waals surface area contributed by atoms with E-state index in [0.717, 1.165) is 12.1 Å². The molecule has 1 aromatic rings. The molecule has 1 rings (SSSR count). The summed E-state index contributed by atoms with van der Waals surface area (Å²) in [7, 11) is 0. The van der Waals surface area contributed by atoms with Crippen molar-refractivity contribution in [2.24, 2.45) is 0 Å². The minimum Gasteiger partial charge on any atom is -0.428 e. The molecule has 0 aliphatic carbocycles. The molecule has 0 aromatic heterocycles. The lowest BCUT2D eigenvalue weighted by Crippen LogP contribution is -2.33. The fourth-order valence-corrected chi connectivity index (χ4v) is 1.16. The fraction of sp³-hybridized carbons (Fsp3) is 0.250. The first-order chi connectivity index (χ1) is 8.36. The van der Waals surface area contributed by atoms with E-state index in [1.165, 1.54) is 24.3 Å². The van der Waals surface area contributed by atoms with Gasteiger partial charge in [-0.3, -0.25) is 4.79 Å². The summed E-state index contributed by atoms with van der Waals surface area (Å²) in [6.45, 7) is 1.61. The number of ether oxygens (including phenoxy) is 1. The summed E-state index contributed by atoms with van der Waals surface area (Å²) in [5.74, 6) is -0.918. The molecule has 18 heavy (non-hydrogen) atoms. The maximum Gasteiger partial charge on any atom is 0.461 e. The van der Waals surface area contributed by atoms with Crippen LogP contribution in [0.5, 0.6) is 5.75 Å². The van der Waals surface area contributed by atoms with E-state index in [9.17, 15) is 22.4 Å². The van der Waals surface area contributed by atoms with Crippen molar-refractivity contribution < 1.29 is 27.1 Å². The Balaban J connectivity index is 2.93. The van der Waals surface area contributed by atoms with Gasteiger partial charge in [-0.2, -0.15) is 17.6 Å². The Morgan fingerprint density at radius 3 is 2.61 bits per heavy atom. The van der Waals surface area contributed by atoms with Gasteiger partial charge in [0.2, 0.25) is 0 Å². The van der Waals surface area contributed by atoms with Crippen molar-refractivity contribution in [3.05, 3.63) is 42.0 Å². The standard InChI is InChI=1S/C12H10F4O2/c1-2-4-10(17)8-5-3-6-9(7-8)18-12(15,16)11(13)14/h2-7,11H,1H3. The first-order valence-corrected chi connectivity index (χ1v) is 4.99. The molecule has 0 unspecified atom stereocenters. The van der Waals surface area contributed by atoms with Crippen molar-refractivity contribution in [3.63, 3.8) is 0 Å². The highest BCUT2D eigenvalue weighted by Gasteiger charge is 2.43. The van der Waals surface area contributed by atoms with Gasteiger partial charge in [0.1, 0.15) is 5.75 Å². The first-order valence-electron chi connectivity index (χ1n) is 4.99. The van der Waals surface area contributed by atoms with Crippen LogP contribution in [-0.4, -0.2) is 18.3 Å². The quantitative estimate of drug-likeness (QED) is 0.459. The van der Waals surface area contributed by atoms with E-state index in [2.05, 4.69) is 4.74 Å². The molecule has 0 spiro atoms. The van der Waals surface area contributed by atoms with Crippen LogP contribution in [0.25, 0.3) is 0 Å². The number of hydrogen-bond donors (Lipinski definition) is 0. The summed E-state index contributed by atoms with van der Waals surface area (Å²) in [5, 5.41) is 0. The van der Waals surface area contributed by atoms with Crippen molar-refractivity contribution in [3.8, 4) is 5.75 Å². The Hall–Kier alpha value is -1.85. The SMILES string of the molecule is CC=CC(=O)c1cccc(OC(F)(F)C(F)F)c1. The number of benzene rings is 1. The predicted molar refractivity (Wildman–Crippen MR) is 57.2 cm³/mol. The van der Waals surface area contributed by atoms with E-state index in [-0.39, 0.29) is 5.56 Å². The van der Waals surface area contributed by atoms with Crippen LogP contribution in [0, 0.1) is 0 Å². The highest BCUT2D eigenvalue weighted by Crippen LogP contribution is 2.27. The summed E-state index contributed by atoms with van der Waals surface area (Å²) >= 11 is 0. The van der Waals surface area contributed by atoms with E-state index in [1.54, 1.807) is 6.92 Å². The van der Waals surface area contributed by atoms with E-state index in [1.807, 2.05) is 0 Å². The third-order valence-electron chi connectivity index (χ3n) is 1.94. The maximum atomic E-state index is 12.6. The van der Waals surface area contributed by atoms with E-state index < -0.39 is 24.1 Å². The molecule has 0 heterocycles. The Kier molecular flexibility index (Phi) is 4.47. The summed E-state index contributed by atoms with van der Waals surface area (Å²) < 4.78 is 53.0. The molecule has 0 amide bonds.